The number of carboxylic acids is 1. The second kappa shape index (κ2) is 5.70. The lowest BCUT2D eigenvalue weighted by atomic mass is 10.2. The maximum atomic E-state index is 12.1. The van der Waals surface area contributed by atoms with E-state index < -0.39 is 22.0 Å². The van der Waals surface area contributed by atoms with Crippen LogP contribution in [0, 0.1) is 0 Å². The van der Waals surface area contributed by atoms with Crippen molar-refractivity contribution >= 4 is 27.3 Å². The van der Waals surface area contributed by atoms with Gasteiger partial charge in [-0.2, -0.15) is 0 Å². The molecule has 2 aromatic rings. The number of rotatable bonds is 5. The van der Waals surface area contributed by atoms with Gasteiger partial charge >= 0.3 is 5.97 Å². The molecule has 0 fully saturated rings. The van der Waals surface area contributed by atoms with Gasteiger partial charge in [-0.05, 0) is 30.7 Å². The molecule has 1 atom stereocenters. The highest BCUT2D eigenvalue weighted by molar-refractivity contribution is 7.91. The second-order valence-corrected chi connectivity index (χ2v) is 7.08. The van der Waals surface area contributed by atoms with Crippen LogP contribution in [-0.4, -0.2) is 24.5 Å². The van der Waals surface area contributed by atoms with Crippen molar-refractivity contribution in [1.29, 1.82) is 0 Å². The van der Waals surface area contributed by atoms with Crippen LogP contribution in [0.1, 0.15) is 28.2 Å². The molecular formula is C12H12N2O4S2. The summed E-state index contributed by atoms with van der Waals surface area (Å²) in [6.45, 7) is 1.69. The summed E-state index contributed by atoms with van der Waals surface area (Å²) < 4.78 is 26.7. The van der Waals surface area contributed by atoms with E-state index in [-0.39, 0.29) is 9.09 Å². The van der Waals surface area contributed by atoms with Gasteiger partial charge in [0.15, 0.2) is 0 Å². The Morgan fingerprint density at radius 1 is 1.40 bits per heavy atom. The number of carboxylic acid groups (broad SMARTS) is 1. The largest absolute Gasteiger partial charge is 0.477 e. The first-order valence-electron chi connectivity index (χ1n) is 5.65. The standard InChI is InChI=1S/C12H12N2O4S2/c1-8(9-3-2-6-13-7-9)14-20(17,18)11-5-4-10(19-11)12(15)16/h2-8,14H,1H3,(H,15,16)/t8-/m0/s1. The number of nitrogens with zero attached hydrogens (tertiary/aromatic N) is 1. The van der Waals surface area contributed by atoms with Crippen LogP contribution >= 0.6 is 11.3 Å². The third kappa shape index (κ3) is 3.21. The summed E-state index contributed by atoms with van der Waals surface area (Å²) >= 11 is 0.719. The summed E-state index contributed by atoms with van der Waals surface area (Å²) in [5, 5.41) is 8.81. The van der Waals surface area contributed by atoms with E-state index in [1.165, 1.54) is 12.1 Å². The molecule has 2 rings (SSSR count). The lowest BCUT2D eigenvalue weighted by molar-refractivity contribution is 0.0702. The Hall–Kier alpha value is -1.77. The van der Waals surface area contributed by atoms with Gasteiger partial charge in [-0.15, -0.1) is 11.3 Å². The fraction of sp³-hybridized carbons (Fsp3) is 0.167. The van der Waals surface area contributed by atoms with Gasteiger partial charge in [0.2, 0.25) is 0 Å². The fourth-order valence-electron chi connectivity index (χ4n) is 1.57. The first kappa shape index (κ1) is 14.6. The van der Waals surface area contributed by atoms with Gasteiger partial charge in [0.25, 0.3) is 10.0 Å². The van der Waals surface area contributed by atoms with E-state index in [1.54, 1.807) is 31.5 Å². The Labute approximate surface area is 120 Å². The molecule has 2 N–H and O–H groups in total. The third-order valence-electron chi connectivity index (χ3n) is 2.57. The van der Waals surface area contributed by atoms with E-state index in [4.69, 9.17) is 5.11 Å². The maximum Gasteiger partial charge on any atom is 0.345 e. The molecule has 2 heterocycles. The summed E-state index contributed by atoms with van der Waals surface area (Å²) in [5.41, 5.74) is 0.728. The molecule has 0 spiro atoms. The topological polar surface area (TPSA) is 96.4 Å². The maximum absolute atomic E-state index is 12.1. The molecule has 20 heavy (non-hydrogen) atoms. The van der Waals surface area contributed by atoms with Crippen molar-refractivity contribution in [3.63, 3.8) is 0 Å². The SMILES string of the molecule is C[C@H](NS(=O)(=O)c1ccc(C(=O)O)s1)c1cccnc1. The van der Waals surface area contributed by atoms with E-state index in [1.807, 2.05) is 0 Å². The van der Waals surface area contributed by atoms with Gasteiger partial charge in [0.05, 0.1) is 0 Å². The summed E-state index contributed by atoms with van der Waals surface area (Å²) in [6.07, 6.45) is 3.17. The van der Waals surface area contributed by atoms with E-state index in [2.05, 4.69) is 9.71 Å². The van der Waals surface area contributed by atoms with Gasteiger partial charge in [0.1, 0.15) is 9.09 Å². The van der Waals surface area contributed by atoms with Gasteiger partial charge in [-0.1, -0.05) is 6.07 Å². The first-order valence-corrected chi connectivity index (χ1v) is 7.95. The van der Waals surface area contributed by atoms with Gasteiger partial charge in [-0.3, -0.25) is 4.98 Å². The Morgan fingerprint density at radius 3 is 2.70 bits per heavy atom. The highest BCUT2D eigenvalue weighted by atomic mass is 32.2. The summed E-state index contributed by atoms with van der Waals surface area (Å²) in [7, 11) is -3.74. The number of aromatic nitrogens is 1. The van der Waals surface area contributed by atoms with Gasteiger partial charge < -0.3 is 5.11 Å². The average Bonchev–Trinajstić information content (AvgIpc) is 2.90. The number of thiophene rings is 1. The second-order valence-electron chi connectivity index (χ2n) is 4.05. The Kier molecular flexibility index (Phi) is 4.17. The minimum atomic E-state index is -3.74. The Balaban J connectivity index is 2.20. The molecule has 0 unspecified atom stereocenters. The molecule has 0 amide bonds. The van der Waals surface area contributed by atoms with E-state index in [0.29, 0.717) is 0 Å². The highest BCUT2D eigenvalue weighted by Crippen LogP contribution is 2.23. The minimum Gasteiger partial charge on any atom is -0.477 e. The molecule has 0 aliphatic carbocycles. The lowest BCUT2D eigenvalue weighted by Crippen LogP contribution is -2.26. The van der Waals surface area contributed by atoms with Crippen molar-refractivity contribution in [2.75, 3.05) is 0 Å². The summed E-state index contributed by atoms with van der Waals surface area (Å²) in [6, 6.07) is 5.58. The zero-order valence-electron chi connectivity index (χ0n) is 10.5. The minimum absolute atomic E-state index is 0.0144. The van der Waals surface area contributed by atoms with Crippen molar-refractivity contribution in [2.45, 2.75) is 17.2 Å². The van der Waals surface area contributed by atoms with Crippen LogP contribution in [0.25, 0.3) is 0 Å². The number of hydrogen-bond acceptors (Lipinski definition) is 5. The highest BCUT2D eigenvalue weighted by Gasteiger charge is 2.21. The normalized spacial score (nSPS) is 13.1. The molecule has 2 aromatic heterocycles. The monoisotopic (exact) mass is 312 g/mol. The zero-order valence-corrected chi connectivity index (χ0v) is 12.1. The summed E-state index contributed by atoms with van der Waals surface area (Å²) in [5.74, 6) is -1.14. The fourth-order valence-corrected chi connectivity index (χ4v) is 3.96. The van der Waals surface area contributed by atoms with Crippen molar-refractivity contribution in [3.8, 4) is 0 Å². The van der Waals surface area contributed by atoms with Crippen LogP contribution < -0.4 is 4.72 Å². The predicted molar refractivity (Wildman–Crippen MR) is 74.3 cm³/mol. The van der Waals surface area contributed by atoms with Crippen LogP contribution in [-0.2, 0) is 10.0 Å². The first-order chi connectivity index (χ1) is 9.40. The van der Waals surface area contributed by atoms with Crippen LogP contribution in [0.4, 0.5) is 0 Å². The predicted octanol–water partition coefficient (Wildman–Crippen LogP) is 1.88. The molecule has 0 bridgehead atoms. The van der Waals surface area contributed by atoms with E-state index >= 15 is 0 Å². The number of sulfonamides is 1. The smallest absolute Gasteiger partial charge is 0.345 e. The average molecular weight is 312 g/mol. The van der Waals surface area contributed by atoms with Crippen molar-refractivity contribution in [3.05, 3.63) is 47.1 Å². The number of pyridine rings is 1. The Bertz CT molecular complexity index is 710. The molecule has 8 heteroatoms. The van der Waals surface area contributed by atoms with Crippen LogP contribution in [0.2, 0.25) is 0 Å². The number of aromatic carboxylic acids is 1. The molecule has 0 aliphatic heterocycles. The van der Waals surface area contributed by atoms with Crippen LogP contribution in [0.5, 0.6) is 0 Å². The van der Waals surface area contributed by atoms with E-state index in [0.717, 1.165) is 16.9 Å². The van der Waals surface area contributed by atoms with Gasteiger partial charge in [0, 0.05) is 18.4 Å². The van der Waals surface area contributed by atoms with Crippen molar-refractivity contribution in [1.82, 2.24) is 9.71 Å². The van der Waals surface area contributed by atoms with Crippen LogP contribution in [0.15, 0.2) is 40.9 Å². The Morgan fingerprint density at radius 2 is 2.15 bits per heavy atom. The molecule has 0 saturated carbocycles. The van der Waals surface area contributed by atoms with Gasteiger partial charge in [-0.25, -0.2) is 17.9 Å². The lowest BCUT2D eigenvalue weighted by Gasteiger charge is -2.13. The van der Waals surface area contributed by atoms with Crippen molar-refractivity contribution < 1.29 is 18.3 Å². The molecular weight excluding hydrogens is 300 g/mol. The zero-order chi connectivity index (χ0) is 14.8. The van der Waals surface area contributed by atoms with Crippen LogP contribution in [0.3, 0.4) is 0 Å². The molecule has 106 valence electrons. The van der Waals surface area contributed by atoms with E-state index in [9.17, 15) is 13.2 Å². The number of nitrogens with one attached hydrogen (secondary N) is 1. The molecule has 6 nitrogen and oxygen atoms in total. The molecule has 0 saturated heterocycles. The number of hydrogen-bond donors (Lipinski definition) is 2. The third-order valence-corrected chi connectivity index (χ3v) is 5.68. The quantitative estimate of drug-likeness (QED) is 0.878. The molecule has 0 aromatic carbocycles. The number of carbonyl (C=O) groups is 1. The van der Waals surface area contributed by atoms with Crippen molar-refractivity contribution in [2.24, 2.45) is 0 Å². The molecule has 0 aliphatic rings. The molecule has 0 radical (unpaired) electrons. The summed E-state index contributed by atoms with van der Waals surface area (Å²) in [4.78, 5) is 14.7.